The quantitative estimate of drug-likeness (QED) is 0.860. The predicted octanol–water partition coefficient (Wildman–Crippen LogP) is 2.67. The number of nitrogens with zero attached hydrogens (tertiary/aromatic N) is 1. The van der Waals surface area contributed by atoms with E-state index >= 15 is 0 Å². The zero-order valence-electron chi connectivity index (χ0n) is 13.7. The number of nitrogens with one attached hydrogen (secondary N) is 1. The van der Waals surface area contributed by atoms with Gasteiger partial charge in [-0.15, -0.1) is 0 Å². The minimum Gasteiger partial charge on any atom is -0.495 e. The van der Waals surface area contributed by atoms with Crippen LogP contribution in [0.25, 0.3) is 0 Å². The molecule has 0 spiro atoms. The van der Waals surface area contributed by atoms with E-state index in [9.17, 15) is 18.0 Å². The monoisotopic (exact) mass is 394 g/mol. The summed E-state index contributed by atoms with van der Waals surface area (Å²) >= 11 is 5.94. The van der Waals surface area contributed by atoms with Gasteiger partial charge in [-0.3, -0.25) is 9.59 Å². The van der Waals surface area contributed by atoms with Crippen molar-refractivity contribution in [3.05, 3.63) is 53.1 Å². The molecule has 0 bridgehead atoms. The van der Waals surface area contributed by atoms with Crippen molar-refractivity contribution in [3.63, 3.8) is 0 Å². The van der Waals surface area contributed by atoms with Crippen LogP contribution in [0.1, 0.15) is 16.8 Å². The second kappa shape index (κ2) is 6.97. The van der Waals surface area contributed by atoms with Gasteiger partial charge in [0.2, 0.25) is 15.9 Å². The molecule has 0 unspecified atom stereocenters. The number of rotatable bonds is 4. The first-order chi connectivity index (χ1) is 12.3. The highest BCUT2D eigenvalue weighted by molar-refractivity contribution is 7.94. The summed E-state index contributed by atoms with van der Waals surface area (Å²) in [5, 5.41) is 3.12. The lowest BCUT2D eigenvalue weighted by Crippen LogP contribution is -2.29. The number of amides is 2. The third-order valence-corrected chi connectivity index (χ3v) is 5.78. The van der Waals surface area contributed by atoms with Crippen molar-refractivity contribution < 1.29 is 22.7 Å². The molecule has 3 rings (SSSR count). The summed E-state index contributed by atoms with van der Waals surface area (Å²) in [4.78, 5) is 24.2. The van der Waals surface area contributed by atoms with Crippen LogP contribution in [0.15, 0.2) is 42.5 Å². The van der Waals surface area contributed by atoms with Crippen LogP contribution in [0.4, 0.5) is 11.4 Å². The molecule has 0 atom stereocenters. The fourth-order valence-corrected chi connectivity index (χ4v) is 4.22. The fourth-order valence-electron chi connectivity index (χ4n) is 2.59. The van der Waals surface area contributed by atoms with Crippen molar-refractivity contribution in [2.45, 2.75) is 6.42 Å². The summed E-state index contributed by atoms with van der Waals surface area (Å²) < 4.78 is 29.8. The lowest BCUT2D eigenvalue weighted by atomic mass is 10.2. The van der Waals surface area contributed by atoms with Gasteiger partial charge in [0.25, 0.3) is 5.91 Å². The third-order valence-electron chi connectivity index (χ3n) is 3.85. The molecule has 0 aliphatic carbocycles. The summed E-state index contributed by atoms with van der Waals surface area (Å²) in [6.07, 6.45) is -0.0425. The molecule has 1 aliphatic rings. The van der Waals surface area contributed by atoms with Crippen LogP contribution in [-0.2, 0) is 14.8 Å². The van der Waals surface area contributed by atoms with E-state index in [1.165, 1.54) is 31.4 Å². The van der Waals surface area contributed by atoms with Gasteiger partial charge >= 0.3 is 0 Å². The first-order valence-corrected chi connectivity index (χ1v) is 9.61. The highest BCUT2D eigenvalue weighted by Gasteiger charge is 2.36. The minimum absolute atomic E-state index is 0.0425. The average Bonchev–Trinajstić information content (AvgIpc) is 2.88. The number of carbonyl (C=O) groups is 2. The van der Waals surface area contributed by atoms with Crippen molar-refractivity contribution in [1.82, 2.24) is 0 Å². The second-order valence-corrected chi connectivity index (χ2v) is 7.94. The molecule has 136 valence electrons. The highest BCUT2D eigenvalue weighted by atomic mass is 35.5. The largest absolute Gasteiger partial charge is 0.495 e. The summed E-state index contributed by atoms with van der Waals surface area (Å²) in [6, 6.07) is 10.6. The second-order valence-electron chi connectivity index (χ2n) is 5.57. The van der Waals surface area contributed by atoms with Crippen LogP contribution in [0.3, 0.4) is 0 Å². The van der Waals surface area contributed by atoms with E-state index in [2.05, 4.69) is 5.32 Å². The SMILES string of the molecule is COc1ccc(Cl)cc1NC(=O)c1ccc(N2C(=O)CCS2(=O)=O)cc1. The molecule has 26 heavy (non-hydrogen) atoms. The molecule has 2 aromatic carbocycles. The number of hydrogen-bond acceptors (Lipinski definition) is 5. The molecule has 7 nitrogen and oxygen atoms in total. The molecular weight excluding hydrogens is 380 g/mol. The van der Waals surface area contributed by atoms with E-state index in [1.54, 1.807) is 18.2 Å². The van der Waals surface area contributed by atoms with Crippen LogP contribution in [0.5, 0.6) is 5.75 Å². The van der Waals surface area contributed by atoms with Crippen LogP contribution in [0.2, 0.25) is 5.02 Å². The minimum atomic E-state index is -3.63. The Morgan fingerprint density at radius 3 is 2.46 bits per heavy atom. The van der Waals surface area contributed by atoms with E-state index in [0.29, 0.717) is 22.0 Å². The Morgan fingerprint density at radius 1 is 1.19 bits per heavy atom. The lowest BCUT2D eigenvalue weighted by molar-refractivity contribution is -0.116. The first kappa shape index (κ1) is 18.2. The fraction of sp³-hybridized carbons (Fsp3) is 0.176. The van der Waals surface area contributed by atoms with Gasteiger partial charge < -0.3 is 10.1 Å². The molecule has 0 saturated carbocycles. The van der Waals surface area contributed by atoms with E-state index < -0.39 is 21.8 Å². The van der Waals surface area contributed by atoms with Crippen molar-refractivity contribution in [3.8, 4) is 5.75 Å². The standard InChI is InChI=1S/C17H15ClN2O5S/c1-25-15-7-4-12(18)10-14(15)19-17(22)11-2-5-13(6-3-11)20-16(21)8-9-26(20,23)24/h2-7,10H,8-9H2,1H3,(H,19,22). The smallest absolute Gasteiger partial charge is 0.255 e. The van der Waals surface area contributed by atoms with Gasteiger partial charge in [0, 0.05) is 17.0 Å². The number of ether oxygens (including phenoxy) is 1. The molecule has 0 aromatic heterocycles. The van der Waals surface area contributed by atoms with Crippen LogP contribution in [-0.4, -0.2) is 33.1 Å². The maximum Gasteiger partial charge on any atom is 0.255 e. The van der Waals surface area contributed by atoms with Gasteiger partial charge in [0.05, 0.1) is 24.2 Å². The molecule has 1 N–H and O–H groups in total. The van der Waals surface area contributed by atoms with Gasteiger partial charge in [0.1, 0.15) is 5.75 Å². The number of sulfonamides is 1. The van der Waals surface area contributed by atoms with Gasteiger partial charge in [0.15, 0.2) is 0 Å². The van der Waals surface area contributed by atoms with Gasteiger partial charge in [-0.25, -0.2) is 12.7 Å². The number of anilines is 2. The molecule has 1 saturated heterocycles. The molecule has 9 heteroatoms. The summed E-state index contributed by atoms with van der Waals surface area (Å²) in [5.41, 5.74) is 0.913. The average molecular weight is 395 g/mol. The highest BCUT2D eigenvalue weighted by Crippen LogP contribution is 2.29. The number of methoxy groups -OCH3 is 1. The Balaban J connectivity index is 1.82. The zero-order chi connectivity index (χ0) is 18.9. The van der Waals surface area contributed by atoms with E-state index in [0.717, 1.165) is 4.31 Å². The Bertz CT molecular complexity index is 973. The van der Waals surface area contributed by atoms with Gasteiger partial charge in [-0.1, -0.05) is 11.6 Å². The molecular formula is C17H15ClN2O5S. The van der Waals surface area contributed by atoms with Crippen LogP contribution < -0.4 is 14.4 Å². The molecule has 1 heterocycles. The normalized spacial score (nSPS) is 15.8. The molecule has 0 radical (unpaired) electrons. The third kappa shape index (κ3) is 3.51. The number of carbonyl (C=O) groups excluding carboxylic acids is 2. The topological polar surface area (TPSA) is 92.8 Å². The first-order valence-electron chi connectivity index (χ1n) is 7.62. The molecule has 2 amide bonds. The van der Waals surface area contributed by atoms with Gasteiger partial charge in [-0.05, 0) is 42.5 Å². The zero-order valence-corrected chi connectivity index (χ0v) is 15.3. The van der Waals surface area contributed by atoms with Crippen molar-refractivity contribution in [2.75, 3.05) is 22.5 Å². The van der Waals surface area contributed by atoms with E-state index in [4.69, 9.17) is 16.3 Å². The van der Waals surface area contributed by atoms with Crippen LogP contribution in [0, 0.1) is 0 Å². The van der Waals surface area contributed by atoms with Crippen molar-refractivity contribution >= 4 is 44.8 Å². The number of halogens is 1. The summed E-state index contributed by atoms with van der Waals surface area (Å²) in [5.74, 6) is -0.658. The Labute approximate surface area is 155 Å². The lowest BCUT2D eigenvalue weighted by Gasteiger charge is -2.15. The van der Waals surface area contributed by atoms with Crippen molar-refractivity contribution in [2.24, 2.45) is 0 Å². The molecule has 1 aliphatic heterocycles. The number of benzene rings is 2. The van der Waals surface area contributed by atoms with Gasteiger partial charge in [-0.2, -0.15) is 0 Å². The van der Waals surface area contributed by atoms with E-state index in [-0.39, 0.29) is 17.9 Å². The maximum absolute atomic E-state index is 12.4. The summed E-state index contributed by atoms with van der Waals surface area (Å²) in [6.45, 7) is 0. The summed E-state index contributed by atoms with van der Waals surface area (Å²) in [7, 11) is -2.16. The van der Waals surface area contributed by atoms with Crippen molar-refractivity contribution in [1.29, 1.82) is 0 Å². The van der Waals surface area contributed by atoms with Crippen LogP contribution >= 0.6 is 11.6 Å². The molecule has 1 fully saturated rings. The van der Waals surface area contributed by atoms with E-state index in [1.807, 2.05) is 0 Å². The maximum atomic E-state index is 12.4. The Hall–Kier alpha value is -2.58. The number of hydrogen-bond donors (Lipinski definition) is 1. The Morgan fingerprint density at radius 2 is 1.88 bits per heavy atom. The predicted molar refractivity (Wildman–Crippen MR) is 98.3 cm³/mol. The molecule has 2 aromatic rings. The Kier molecular flexibility index (Phi) is 4.88.